The van der Waals surface area contributed by atoms with Gasteiger partial charge in [0.05, 0.1) is 19.1 Å². The third-order valence-electron chi connectivity index (χ3n) is 9.73. The quantitative estimate of drug-likeness (QED) is 0.418. The number of hydrogen-bond acceptors (Lipinski definition) is 8. The molecule has 4 aliphatic heterocycles. The number of ether oxygens (including phenoxy) is 2. The van der Waals surface area contributed by atoms with Gasteiger partial charge in [-0.3, -0.25) is 14.5 Å². The van der Waals surface area contributed by atoms with Crippen LogP contribution in [0.4, 0.5) is 9.59 Å². The highest BCUT2D eigenvalue weighted by Gasteiger charge is 2.48. The number of nitrogens with zero attached hydrogens (tertiary/aromatic N) is 2. The van der Waals surface area contributed by atoms with E-state index >= 15 is 0 Å². The fourth-order valence-corrected chi connectivity index (χ4v) is 6.89. The molecule has 1 aromatic rings. The molecule has 1 aromatic carbocycles. The Morgan fingerprint density at radius 1 is 1.13 bits per heavy atom. The fourth-order valence-electron chi connectivity index (χ4n) is 6.89. The molecule has 46 heavy (non-hydrogen) atoms. The van der Waals surface area contributed by atoms with Crippen molar-refractivity contribution in [3.8, 4) is 0 Å². The smallest absolute Gasteiger partial charge is 0.449 e. The Hall–Kier alpha value is -3.32. The van der Waals surface area contributed by atoms with E-state index in [-0.39, 0.29) is 37.5 Å². The number of aryl methyl sites for hydroxylation is 1. The molecule has 2 fully saturated rings. The van der Waals surface area contributed by atoms with Crippen LogP contribution in [0.3, 0.4) is 0 Å². The summed E-state index contributed by atoms with van der Waals surface area (Å²) in [6.07, 6.45) is 1.74. The highest BCUT2D eigenvalue weighted by Crippen LogP contribution is 2.32. The van der Waals surface area contributed by atoms with Crippen molar-refractivity contribution >= 4 is 31.1 Å². The van der Waals surface area contributed by atoms with E-state index in [4.69, 9.17) is 14.1 Å². The minimum Gasteiger partial charge on any atom is -0.449 e. The summed E-state index contributed by atoms with van der Waals surface area (Å²) in [6.45, 7) is 12.8. The second-order valence-corrected chi connectivity index (χ2v) is 15.3. The van der Waals surface area contributed by atoms with E-state index in [2.05, 4.69) is 30.5 Å². The van der Waals surface area contributed by atoms with E-state index in [1.807, 2.05) is 39.8 Å². The molecule has 252 valence electrons. The van der Waals surface area contributed by atoms with E-state index in [0.717, 1.165) is 36.8 Å². The van der Waals surface area contributed by atoms with Crippen molar-refractivity contribution in [1.29, 1.82) is 0 Å². The standard InChI is InChI=1S/C33H49BN4O8/c1-20-18-45-34(43)27(20)36-28(39)25-14-23-16-38(25)29(40)26(32(2,3)4)35-30(41)44-19-33(5,6)13-8-7-10-21-11-9-12-22-15-37(17-24(21)22)31(42)46-23/h9,11-12,20,23,25-27,43H,7-8,10,13-19H2,1-6H3,(H,35,41)(H,36,39)/t20-,23+,25-,26+,27?/m0/s1. The van der Waals surface area contributed by atoms with Crippen LogP contribution in [0.5, 0.6) is 0 Å². The first-order chi connectivity index (χ1) is 21.6. The molecule has 0 saturated carbocycles. The average Bonchev–Trinajstić information content (AvgIpc) is 3.70. The fraction of sp³-hybridized carbons (Fsp3) is 0.697. The van der Waals surface area contributed by atoms with Gasteiger partial charge in [-0.1, -0.05) is 66.2 Å². The van der Waals surface area contributed by atoms with Gasteiger partial charge in [0, 0.05) is 26.1 Å². The van der Waals surface area contributed by atoms with E-state index in [9.17, 15) is 24.2 Å². The minimum absolute atomic E-state index is 0.0235. The van der Waals surface area contributed by atoms with Gasteiger partial charge in [0.25, 0.3) is 0 Å². The molecule has 0 spiro atoms. The first kappa shape index (κ1) is 34.0. The van der Waals surface area contributed by atoms with Gasteiger partial charge in [0.1, 0.15) is 18.2 Å². The molecule has 12 nitrogen and oxygen atoms in total. The van der Waals surface area contributed by atoms with Crippen LogP contribution < -0.4 is 10.6 Å². The van der Waals surface area contributed by atoms with Crippen LogP contribution in [0, 0.1) is 16.7 Å². The van der Waals surface area contributed by atoms with Gasteiger partial charge in [0.2, 0.25) is 11.8 Å². The lowest BCUT2D eigenvalue weighted by Gasteiger charge is -2.35. The predicted molar refractivity (Wildman–Crippen MR) is 170 cm³/mol. The zero-order valence-electron chi connectivity index (χ0n) is 28.0. The molecular weight excluding hydrogens is 591 g/mol. The molecule has 0 radical (unpaired) electrons. The van der Waals surface area contributed by atoms with Gasteiger partial charge in [-0.25, -0.2) is 9.59 Å². The van der Waals surface area contributed by atoms with Crippen molar-refractivity contribution in [2.45, 2.75) is 111 Å². The Kier molecular flexibility index (Phi) is 9.93. The number of alkyl carbamates (subject to hydrolysis) is 1. The Labute approximate surface area is 272 Å². The zero-order chi connectivity index (χ0) is 33.4. The number of nitrogens with one attached hydrogen (secondary N) is 2. The summed E-state index contributed by atoms with van der Waals surface area (Å²) >= 11 is 0. The number of benzene rings is 1. The summed E-state index contributed by atoms with van der Waals surface area (Å²) in [5, 5.41) is 15.9. The van der Waals surface area contributed by atoms with Gasteiger partial charge >= 0.3 is 19.3 Å². The van der Waals surface area contributed by atoms with Crippen molar-refractivity contribution in [3.05, 3.63) is 34.9 Å². The Balaban J connectivity index is 1.42. The van der Waals surface area contributed by atoms with E-state index < -0.39 is 60.7 Å². The highest BCUT2D eigenvalue weighted by molar-refractivity contribution is 6.46. The van der Waals surface area contributed by atoms with Crippen LogP contribution in [-0.2, 0) is 43.2 Å². The van der Waals surface area contributed by atoms with E-state index in [0.29, 0.717) is 13.1 Å². The molecule has 1 unspecified atom stereocenters. The zero-order valence-corrected chi connectivity index (χ0v) is 28.0. The molecule has 4 aliphatic rings. The number of rotatable bonds is 2. The lowest BCUT2D eigenvalue weighted by Crippen LogP contribution is -2.59. The van der Waals surface area contributed by atoms with Gasteiger partial charge in [-0.05, 0) is 52.7 Å². The largest absolute Gasteiger partial charge is 0.478 e. The highest BCUT2D eigenvalue weighted by atomic mass is 16.6. The molecule has 5 atom stereocenters. The number of carbonyl (C=O) groups excluding carboxylic acids is 4. The Morgan fingerprint density at radius 3 is 2.57 bits per heavy atom. The third kappa shape index (κ3) is 7.62. The molecule has 4 bridgehead atoms. The molecular formula is C33H49BN4O8. The molecule has 3 N–H and O–H groups in total. The van der Waals surface area contributed by atoms with Gasteiger partial charge in [0.15, 0.2) is 0 Å². The average molecular weight is 641 g/mol. The molecule has 2 saturated heterocycles. The van der Waals surface area contributed by atoms with Crippen molar-refractivity contribution in [3.63, 3.8) is 0 Å². The molecule has 0 aromatic heterocycles. The lowest BCUT2D eigenvalue weighted by atomic mass is 9.75. The number of amides is 4. The number of hydrogen-bond donors (Lipinski definition) is 3. The van der Waals surface area contributed by atoms with Gasteiger partial charge in [-0.2, -0.15) is 0 Å². The summed E-state index contributed by atoms with van der Waals surface area (Å²) < 4.78 is 16.9. The van der Waals surface area contributed by atoms with Crippen molar-refractivity contribution in [2.24, 2.45) is 16.7 Å². The Morgan fingerprint density at radius 2 is 1.87 bits per heavy atom. The maximum atomic E-state index is 14.2. The minimum atomic E-state index is -1.17. The maximum Gasteiger partial charge on any atom is 0.478 e. The summed E-state index contributed by atoms with van der Waals surface area (Å²) in [6, 6.07) is 4.16. The molecule has 13 heteroatoms. The van der Waals surface area contributed by atoms with Crippen molar-refractivity contribution < 1.29 is 38.3 Å². The van der Waals surface area contributed by atoms with E-state index in [1.165, 1.54) is 10.5 Å². The summed E-state index contributed by atoms with van der Waals surface area (Å²) in [5.74, 6) is -1.76. The molecule has 0 aliphatic carbocycles. The van der Waals surface area contributed by atoms with Gasteiger partial charge in [-0.15, -0.1) is 0 Å². The van der Waals surface area contributed by atoms with Crippen molar-refractivity contribution in [2.75, 3.05) is 19.8 Å². The summed E-state index contributed by atoms with van der Waals surface area (Å²) in [7, 11) is -1.17. The normalized spacial score (nSPS) is 29.2. The second kappa shape index (κ2) is 13.4. The van der Waals surface area contributed by atoms with Crippen LogP contribution in [-0.4, -0.2) is 89.8 Å². The Bertz CT molecular complexity index is 1320. The number of cyclic esters (lactones) is 1. The first-order valence-electron chi connectivity index (χ1n) is 16.5. The van der Waals surface area contributed by atoms with Crippen LogP contribution in [0.2, 0.25) is 0 Å². The predicted octanol–water partition coefficient (Wildman–Crippen LogP) is 3.17. The number of fused-ring (bicyclic) bond motifs is 3. The van der Waals surface area contributed by atoms with Crippen molar-refractivity contribution in [1.82, 2.24) is 20.4 Å². The monoisotopic (exact) mass is 640 g/mol. The maximum absolute atomic E-state index is 14.2. The van der Waals surface area contributed by atoms with Crippen LogP contribution in [0.1, 0.15) is 83.9 Å². The van der Waals surface area contributed by atoms with Crippen LogP contribution >= 0.6 is 0 Å². The first-order valence-corrected chi connectivity index (χ1v) is 16.5. The molecule has 4 amide bonds. The van der Waals surface area contributed by atoms with Gasteiger partial charge < -0.3 is 34.7 Å². The number of carbonyl (C=O) groups is 4. The van der Waals surface area contributed by atoms with Crippen LogP contribution in [0.25, 0.3) is 0 Å². The molecule has 5 rings (SSSR count). The van der Waals surface area contributed by atoms with E-state index in [1.54, 1.807) is 4.90 Å². The topological polar surface area (TPSA) is 147 Å². The third-order valence-corrected chi connectivity index (χ3v) is 9.73. The van der Waals surface area contributed by atoms with Crippen LogP contribution in [0.15, 0.2) is 18.2 Å². The SMILES string of the molecule is C[C@H]1COB(O)C1NC(=O)[C@@H]1C[C@@H]2CN1C(=O)[C@H](C(C)(C)C)NC(=O)OCC(C)(C)CCCCc1cccc3c1CN(C3)C(=O)O2. The second-order valence-electron chi connectivity index (χ2n) is 15.3. The summed E-state index contributed by atoms with van der Waals surface area (Å²) in [5.41, 5.74) is 2.45. The molecule has 4 heterocycles. The summed E-state index contributed by atoms with van der Waals surface area (Å²) in [4.78, 5) is 57.6. The lowest BCUT2D eigenvalue weighted by molar-refractivity contribution is -0.142.